The topological polar surface area (TPSA) is 41.1 Å². The second kappa shape index (κ2) is 6.06. The van der Waals surface area contributed by atoms with E-state index in [1.807, 2.05) is 30.3 Å². The molecule has 1 aliphatic rings. The molecule has 0 spiro atoms. The van der Waals surface area contributed by atoms with Crippen LogP contribution >= 0.6 is 0 Å². The summed E-state index contributed by atoms with van der Waals surface area (Å²) in [5.74, 6) is -0.441. The van der Waals surface area contributed by atoms with Gasteiger partial charge in [-0.05, 0) is 42.7 Å². The predicted octanol–water partition coefficient (Wildman–Crippen LogP) is 3.26. The largest absolute Gasteiger partial charge is 0.324 e. The zero-order valence-corrected chi connectivity index (χ0v) is 11.6. The van der Waals surface area contributed by atoms with Gasteiger partial charge in [-0.2, -0.15) is 0 Å². The summed E-state index contributed by atoms with van der Waals surface area (Å²) in [6.07, 6.45) is 2.21. The minimum Gasteiger partial charge on any atom is -0.324 e. The van der Waals surface area contributed by atoms with Crippen LogP contribution in [-0.4, -0.2) is 11.9 Å². The molecule has 1 aliphatic carbocycles. The minimum atomic E-state index is -0.385. The number of halogens is 1. The first-order valence-corrected chi connectivity index (χ1v) is 7.10. The van der Waals surface area contributed by atoms with Gasteiger partial charge >= 0.3 is 0 Å². The fraction of sp³-hybridized carbons (Fsp3) is 0.235. The van der Waals surface area contributed by atoms with Crippen molar-refractivity contribution in [1.29, 1.82) is 0 Å². The highest BCUT2D eigenvalue weighted by Gasteiger charge is 2.29. The molecule has 1 atom stereocenters. The molecule has 0 aromatic heterocycles. The van der Waals surface area contributed by atoms with Crippen LogP contribution in [-0.2, 0) is 4.79 Å². The van der Waals surface area contributed by atoms with Crippen LogP contribution < -0.4 is 10.6 Å². The van der Waals surface area contributed by atoms with Gasteiger partial charge in [0, 0.05) is 11.7 Å². The highest BCUT2D eigenvalue weighted by atomic mass is 19.1. The molecule has 0 bridgehead atoms. The summed E-state index contributed by atoms with van der Waals surface area (Å²) in [6, 6.07) is 15.5. The van der Waals surface area contributed by atoms with E-state index < -0.39 is 0 Å². The van der Waals surface area contributed by atoms with E-state index in [9.17, 15) is 9.18 Å². The highest BCUT2D eigenvalue weighted by Crippen LogP contribution is 2.25. The van der Waals surface area contributed by atoms with E-state index in [-0.39, 0.29) is 17.8 Å². The van der Waals surface area contributed by atoms with E-state index in [1.165, 1.54) is 12.1 Å². The van der Waals surface area contributed by atoms with E-state index >= 15 is 0 Å². The molecular weight excluding hydrogens is 267 g/mol. The van der Waals surface area contributed by atoms with Crippen LogP contribution in [0.1, 0.15) is 24.4 Å². The minimum absolute atomic E-state index is 0.125. The number of anilines is 1. The van der Waals surface area contributed by atoms with Crippen LogP contribution in [0.4, 0.5) is 10.1 Å². The summed E-state index contributed by atoms with van der Waals surface area (Å²) in [6.45, 7) is 0. The van der Waals surface area contributed by atoms with E-state index in [1.54, 1.807) is 12.1 Å². The molecule has 0 unspecified atom stereocenters. The Balaban J connectivity index is 1.75. The van der Waals surface area contributed by atoms with Gasteiger partial charge in [-0.1, -0.05) is 30.3 Å². The summed E-state index contributed by atoms with van der Waals surface area (Å²) in [7, 11) is 0. The van der Waals surface area contributed by atoms with Gasteiger partial charge in [0.15, 0.2) is 0 Å². The number of rotatable bonds is 5. The first-order chi connectivity index (χ1) is 10.2. The molecule has 108 valence electrons. The average Bonchev–Trinajstić information content (AvgIpc) is 3.32. The van der Waals surface area contributed by atoms with Gasteiger partial charge in [0.2, 0.25) is 5.91 Å². The van der Waals surface area contributed by atoms with Crippen molar-refractivity contribution in [3.05, 3.63) is 66.0 Å². The molecule has 2 aromatic rings. The van der Waals surface area contributed by atoms with E-state index in [4.69, 9.17) is 0 Å². The molecule has 1 amide bonds. The molecule has 1 fully saturated rings. The van der Waals surface area contributed by atoms with E-state index in [2.05, 4.69) is 10.6 Å². The van der Waals surface area contributed by atoms with Crippen LogP contribution in [0.2, 0.25) is 0 Å². The predicted molar refractivity (Wildman–Crippen MR) is 80.4 cm³/mol. The third-order valence-corrected chi connectivity index (χ3v) is 3.49. The molecule has 3 rings (SSSR count). The lowest BCUT2D eigenvalue weighted by Crippen LogP contribution is -2.34. The average molecular weight is 284 g/mol. The van der Waals surface area contributed by atoms with Crippen LogP contribution in [0.15, 0.2) is 54.6 Å². The summed E-state index contributed by atoms with van der Waals surface area (Å²) < 4.78 is 12.9. The first-order valence-electron chi connectivity index (χ1n) is 7.10. The highest BCUT2D eigenvalue weighted by molar-refractivity contribution is 5.95. The third-order valence-electron chi connectivity index (χ3n) is 3.49. The monoisotopic (exact) mass is 284 g/mol. The zero-order chi connectivity index (χ0) is 14.7. The second-order valence-corrected chi connectivity index (χ2v) is 5.28. The fourth-order valence-corrected chi connectivity index (χ4v) is 2.20. The molecule has 4 heteroatoms. The zero-order valence-electron chi connectivity index (χ0n) is 11.6. The Bertz CT molecular complexity index is 608. The molecule has 0 aliphatic heterocycles. The quantitative estimate of drug-likeness (QED) is 0.885. The maximum Gasteiger partial charge on any atom is 0.246 e. The van der Waals surface area contributed by atoms with Crippen molar-refractivity contribution >= 4 is 11.6 Å². The number of hydrogen-bond acceptors (Lipinski definition) is 2. The number of carbonyl (C=O) groups is 1. The lowest BCUT2D eigenvalue weighted by atomic mass is 10.1. The Kier molecular flexibility index (Phi) is 3.97. The normalized spacial score (nSPS) is 15.5. The summed E-state index contributed by atoms with van der Waals surface area (Å²) in [5.41, 5.74) is 1.53. The maximum absolute atomic E-state index is 12.9. The Labute approximate surface area is 123 Å². The van der Waals surface area contributed by atoms with Crippen molar-refractivity contribution in [3.63, 3.8) is 0 Å². The van der Waals surface area contributed by atoms with E-state index in [0.717, 1.165) is 18.4 Å². The number of benzene rings is 2. The molecule has 0 saturated heterocycles. The van der Waals surface area contributed by atoms with E-state index in [0.29, 0.717) is 11.7 Å². The fourth-order valence-electron chi connectivity index (χ4n) is 2.20. The molecule has 2 aromatic carbocycles. The van der Waals surface area contributed by atoms with Crippen LogP contribution in [0.25, 0.3) is 0 Å². The van der Waals surface area contributed by atoms with Gasteiger partial charge in [-0.25, -0.2) is 4.39 Å². The Hall–Kier alpha value is -2.20. The molecule has 3 nitrogen and oxygen atoms in total. The van der Waals surface area contributed by atoms with Crippen LogP contribution in [0.5, 0.6) is 0 Å². The SMILES string of the molecule is O=C(Nc1ccc(F)cc1)[C@@H](NC1CC1)c1ccccc1. The number of amides is 1. The standard InChI is InChI=1S/C17H17FN2O/c18-13-6-8-15(9-7-13)20-17(21)16(19-14-10-11-14)12-4-2-1-3-5-12/h1-9,14,16,19H,10-11H2,(H,20,21)/t16-/m0/s1. The molecule has 21 heavy (non-hydrogen) atoms. The maximum atomic E-state index is 12.9. The third kappa shape index (κ3) is 3.67. The molecule has 1 saturated carbocycles. The first kappa shape index (κ1) is 13.8. The van der Waals surface area contributed by atoms with Crippen molar-refractivity contribution in [2.24, 2.45) is 0 Å². The van der Waals surface area contributed by atoms with Crippen molar-refractivity contribution in [2.75, 3.05) is 5.32 Å². The molecule has 0 radical (unpaired) electrons. The lowest BCUT2D eigenvalue weighted by molar-refractivity contribution is -0.118. The number of carbonyl (C=O) groups excluding carboxylic acids is 1. The smallest absolute Gasteiger partial charge is 0.246 e. The van der Waals surface area contributed by atoms with Gasteiger partial charge in [0.1, 0.15) is 11.9 Å². The van der Waals surface area contributed by atoms with Crippen molar-refractivity contribution in [3.8, 4) is 0 Å². The Morgan fingerprint density at radius 3 is 2.33 bits per heavy atom. The Morgan fingerprint density at radius 2 is 1.71 bits per heavy atom. The summed E-state index contributed by atoms with van der Waals surface area (Å²) >= 11 is 0. The lowest BCUT2D eigenvalue weighted by Gasteiger charge is -2.18. The number of hydrogen-bond donors (Lipinski definition) is 2. The van der Waals surface area contributed by atoms with Gasteiger partial charge in [-0.3, -0.25) is 10.1 Å². The van der Waals surface area contributed by atoms with Crippen LogP contribution in [0.3, 0.4) is 0 Å². The number of nitrogens with one attached hydrogen (secondary N) is 2. The summed E-state index contributed by atoms with van der Waals surface area (Å²) in [4.78, 5) is 12.5. The van der Waals surface area contributed by atoms with Crippen LogP contribution in [0, 0.1) is 5.82 Å². The summed E-state index contributed by atoms with van der Waals surface area (Å²) in [5, 5.41) is 6.19. The van der Waals surface area contributed by atoms with Crippen molar-refractivity contribution in [1.82, 2.24) is 5.32 Å². The van der Waals surface area contributed by atoms with Gasteiger partial charge in [0.05, 0.1) is 0 Å². The molecule has 2 N–H and O–H groups in total. The Morgan fingerprint density at radius 1 is 1.05 bits per heavy atom. The second-order valence-electron chi connectivity index (χ2n) is 5.28. The van der Waals surface area contributed by atoms with Gasteiger partial charge in [-0.15, -0.1) is 0 Å². The van der Waals surface area contributed by atoms with Gasteiger partial charge < -0.3 is 5.32 Å². The van der Waals surface area contributed by atoms with Gasteiger partial charge in [0.25, 0.3) is 0 Å². The van der Waals surface area contributed by atoms with Crippen molar-refractivity contribution in [2.45, 2.75) is 24.9 Å². The van der Waals surface area contributed by atoms with Crippen molar-refractivity contribution < 1.29 is 9.18 Å². The molecular formula is C17H17FN2O. The molecule has 0 heterocycles.